The van der Waals surface area contributed by atoms with Crippen LogP contribution in [0.2, 0.25) is 0 Å². The summed E-state index contributed by atoms with van der Waals surface area (Å²) in [6.07, 6.45) is 3.48. The Morgan fingerprint density at radius 3 is 2.46 bits per heavy atom. The molecule has 0 radical (unpaired) electrons. The summed E-state index contributed by atoms with van der Waals surface area (Å²) in [4.78, 5) is 0. The van der Waals surface area contributed by atoms with Gasteiger partial charge < -0.3 is 10.4 Å². The Bertz CT molecular complexity index is 230. The topological polar surface area (TPSA) is 36.8 Å². The fourth-order valence-electron chi connectivity index (χ4n) is 1.28. The molecule has 1 aromatic rings. The molecule has 0 bridgehead atoms. The number of hydrogen-bond donors (Lipinski definition) is 2. The monoisotopic (exact) mass is 179 g/mol. The molecule has 0 atom stereocenters. The first-order valence-corrected chi connectivity index (χ1v) is 4.72. The van der Waals surface area contributed by atoms with Gasteiger partial charge in [-0.05, 0) is 37.0 Å². The van der Waals surface area contributed by atoms with Crippen molar-refractivity contribution in [2.45, 2.75) is 19.3 Å². The van der Waals surface area contributed by atoms with Crippen molar-refractivity contribution in [2.24, 2.45) is 0 Å². The maximum Gasteiger partial charge on any atom is 0.115 e. The Morgan fingerprint density at radius 2 is 1.85 bits per heavy atom. The maximum absolute atomic E-state index is 9.05. The third-order valence-electron chi connectivity index (χ3n) is 2.06. The summed E-state index contributed by atoms with van der Waals surface area (Å²) in [7, 11) is 3.68. The van der Waals surface area contributed by atoms with Crippen LogP contribution < -0.4 is 5.32 Å². The van der Waals surface area contributed by atoms with E-state index in [1.165, 1.54) is 18.4 Å². The molecule has 0 aliphatic carbocycles. The first-order chi connectivity index (χ1) is 6.33. The highest BCUT2D eigenvalue weighted by Crippen LogP contribution is 2.11. The zero-order chi connectivity index (χ0) is 9.52. The van der Waals surface area contributed by atoms with E-state index < -0.39 is 0 Å². The van der Waals surface area contributed by atoms with Crippen molar-refractivity contribution in [1.29, 1.82) is 0 Å². The smallest absolute Gasteiger partial charge is 0.115 e. The second kappa shape index (κ2) is 5.60. The lowest BCUT2D eigenvalue weighted by atomic mass is 10.1. The van der Waals surface area contributed by atoms with Crippen LogP contribution in [0.15, 0.2) is 24.3 Å². The van der Waals surface area contributed by atoms with Gasteiger partial charge in [-0.3, -0.25) is 0 Å². The van der Waals surface area contributed by atoms with E-state index in [1.54, 1.807) is 12.1 Å². The number of benzene rings is 1. The van der Waals surface area contributed by atoms with E-state index in [9.17, 15) is 0 Å². The van der Waals surface area contributed by atoms with E-state index in [0.717, 1.165) is 13.0 Å². The van der Waals surface area contributed by atoms with Gasteiger partial charge in [0.25, 0.3) is 0 Å². The first kappa shape index (κ1) is 10.1. The van der Waals surface area contributed by atoms with Gasteiger partial charge in [-0.2, -0.15) is 7.05 Å². The summed E-state index contributed by atoms with van der Waals surface area (Å²) in [6.45, 7) is 1.10. The van der Waals surface area contributed by atoms with E-state index in [0.29, 0.717) is 5.75 Å². The van der Waals surface area contributed by atoms with Gasteiger partial charge in [0.2, 0.25) is 0 Å². The number of rotatable bonds is 5. The molecule has 0 saturated heterocycles. The van der Waals surface area contributed by atoms with Crippen LogP contribution in [0.1, 0.15) is 18.4 Å². The molecule has 3 N–H and O–H groups in total. The highest BCUT2D eigenvalue weighted by Gasteiger charge is 1.93. The molecule has 0 amide bonds. The van der Waals surface area contributed by atoms with Crippen LogP contribution in [0, 0.1) is 7.05 Å². The molecule has 1 aromatic carbocycles. The number of phenols is 1. The molecule has 13 heavy (non-hydrogen) atoms. The molecule has 0 saturated carbocycles. The summed E-state index contributed by atoms with van der Waals surface area (Å²) in [5, 5.41) is 11.0. The molecular weight excluding hydrogens is 162 g/mol. The van der Waals surface area contributed by atoms with Crippen LogP contribution in [0.5, 0.6) is 5.75 Å². The van der Waals surface area contributed by atoms with Crippen molar-refractivity contribution in [2.75, 3.05) is 6.54 Å². The first-order valence-electron chi connectivity index (χ1n) is 4.72. The summed E-state index contributed by atoms with van der Waals surface area (Å²) in [5.41, 5.74) is 1.29. The van der Waals surface area contributed by atoms with Crippen molar-refractivity contribution in [3.8, 4) is 5.75 Å². The van der Waals surface area contributed by atoms with Crippen LogP contribution in [0.3, 0.4) is 0 Å². The van der Waals surface area contributed by atoms with E-state index in [-0.39, 0.29) is 0 Å². The van der Waals surface area contributed by atoms with E-state index in [4.69, 9.17) is 5.11 Å². The van der Waals surface area contributed by atoms with E-state index in [1.807, 2.05) is 17.4 Å². The van der Waals surface area contributed by atoms with Gasteiger partial charge in [0.05, 0.1) is 6.54 Å². The molecule has 0 aliphatic rings. The third kappa shape index (κ3) is 3.95. The molecule has 0 fully saturated rings. The predicted octanol–water partition coefficient (Wildman–Crippen LogP) is 1.07. The lowest BCUT2D eigenvalue weighted by Gasteiger charge is -2.01. The highest BCUT2D eigenvalue weighted by molar-refractivity contribution is 5.25. The van der Waals surface area contributed by atoms with Crippen LogP contribution in [-0.4, -0.2) is 11.7 Å². The number of unbranched alkanes of at least 4 members (excludes halogenated alkanes) is 1. The van der Waals surface area contributed by atoms with Crippen molar-refractivity contribution in [3.63, 3.8) is 0 Å². The molecule has 0 aliphatic heterocycles. The largest absolute Gasteiger partial charge is 0.508 e. The molecule has 2 nitrogen and oxygen atoms in total. The molecule has 0 unspecified atom stereocenters. The van der Waals surface area contributed by atoms with Gasteiger partial charge in [0.15, 0.2) is 0 Å². The van der Waals surface area contributed by atoms with Crippen molar-refractivity contribution in [1.82, 2.24) is 0 Å². The summed E-state index contributed by atoms with van der Waals surface area (Å²) in [6, 6.07) is 7.43. The van der Waals surface area contributed by atoms with Crippen LogP contribution in [0.25, 0.3) is 0 Å². The zero-order valence-corrected chi connectivity index (χ0v) is 7.87. The summed E-state index contributed by atoms with van der Waals surface area (Å²) in [5.74, 6) is 0.342. The molecule has 1 rings (SSSR count). The summed E-state index contributed by atoms with van der Waals surface area (Å²) >= 11 is 0. The zero-order valence-electron chi connectivity index (χ0n) is 7.87. The van der Waals surface area contributed by atoms with Crippen molar-refractivity contribution in [3.05, 3.63) is 36.9 Å². The Balaban J connectivity index is 2.25. The molecule has 2 heteroatoms. The number of nitrogens with two attached hydrogens (primary N) is 1. The average Bonchev–Trinajstić information content (AvgIpc) is 2.15. The van der Waals surface area contributed by atoms with Gasteiger partial charge in [0.1, 0.15) is 5.75 Å². The van der Waals surface area contributed by atoms with Gasteiger partial charge in [-0.1, -0.05) is 12.1 Å². The highest BCUT2D eigenvalue weighted by atomic mass is 16.3. The van der Waals surface area contributed by atoms with Gasteiger partial charge in [-0.25, -0.2) is 0 Å². The second-order valence-electron chi connectivity index (χ2n) is 3.20. The fourth-order valence-corrected chi connectivity index (χ4v) is 1.28. The van der Waals surface area contributed by atoms with Crippen LogP contribution in [0.4, 0.5) is 0 Å². The lowest BCUT2D eigenvalue weighted by molar-refractivity contribution is -0.595. The van der Waals surface area contributed by atoms with Crippen molar-refractivity contribution >= 4 is 0 Å². The minimum absolute atomic E-state index is 0.342. The van der Waals surface area contributed by atoms with Gasteiger partial charge in [0, 0.05) is 0 Å². The number of aromatic hydroxyl groups is 1. The molecule has 0 aromatic heterocycles. The van der Waals surface area contributed by atoms with Gasteiger partial charge in [-0.15, -0.1) is 0 Å². The van der Waals surface area contributed by atoms with E-state index >= 15 is 0 Å². The second-order valence-corrected chi connectivity index (χ2v) is 3.20. The number of quaternary nitrogens is 1. The molecule has 0 heterocycles. The predicted molar refractivity (Wildman–Crippen MR) is 53.2 cm³/mol. The quantitative estimate of drug-likeness (QED) is 0.515. The molecule has 0 spiro atoms. The standard InChI is InChI=1S/C11H17NO/c1-12-9-3-2-4-10-5-7-11(13)8-6-10/h5-8,13H,1-4,9,12H2. The summed E-state index contributed by atoms with van der Waals surface area (Å²) < 4.78 is 0. The van der Waals surface area contributed by atoms with E-state index in [2.05, 4.69) is 7.05 Å². The minimum atomic E-state index is 0.342. The third-order valence-corrected chi connectivity index (χ3v) is 2.06. The minimum Gasteiger partial charge on any atom is -0.508 e. The Hall–Kier alpha value is -1.02. The number of hydrogen-bond acceptors (Lipinski definition) is 1. The Labute approximate surface area is 79.6 Å². The normalized spacial score (nSPS) is 10.2. The molecule has 72 valence electrons. The Morgan fingerprint density at radius 1 is 1.15 bits per heavy atom. The lowest BCUT2D eigenvalue weighted by Crippen LogP contribution is -2.76. The SMILES string of the molecule is [CH2-][NH2+]CCCCc1ccc(O)cc1. The van der Waals surface area contributed by atoms with Crippen LogP contribution >= 0.6 is 0 Å². The Kier molecular flexibility index (Phi) is 4.33. The maximum atomic E-state index is 9.05. The van der Waals surface area contributed by atoms with Crippen molar-refractivity contribution < 1.29 is 10.4 Å². The average molecular weight is 179 g/mol. The number of aryl methyl sites for hydroxylation is 1. The molecular formula is C11H17NO. The van der Waals surface area contributed by atoms with Crippen LogP contribution in [-0.2, 0) is 6.42 Å². The number of phenolic OH excluding ortho intramolecular Hbond substituents is 1. The fraction of sp³-hybridized carbons (Fsp3) is 0.364. The van der Waals surface area contributed by atoms with Gasteiger partial charge >= 0.3 is 0 Å².